The summed E-state index contributed by atoms with van der Waals surface area (Å²) in [5.74, 6) is -0.843. The first-order valence-electron chi connectivity index (χ1n) is 8.17. The van der Waals surface area contributed by atoms with Gasteiger partial charge in [-0.25, -0.2) is 18.4 Å². The van der Waals surface area contributed by atoms with Crippen LogP contribution >= 0.6 is 0 Å². The number of amides is 1. The van der Waals surface area contributed by atoms with Gasteiger partial charge in [-0.05, 0) is 38.0 Å². The Kier molecular flexibility index (Phi) is 6.34. The van der Waals surface area contributed by atoms with Crippen LogP contribution < -0.4 is 10.5 Å². The lowest BCUT2D eigenvalue weighted by Crippen LogP contribution is -2.31. The summed E-state index contributed by atoms with van der Waals surface area (Å²) in [5, 5.41) is 11.5. The molecule has 0 aliphatic heterocycles. The van der Waals surface area contributed by atoms with Gasteiger partial charge in [-0.15, -0.1) is 0 Å². The summed E-state index contributed by atoms with van der Waals surface area (Å²) in [6, 6.07) is 5.38. The number of carbonyl (C=O) groups is 2. The SMILES string of the molecule is CCc1noc(C)c1C(=O)OCC(=O)N[C@H](C)c1ccc(S(N)(=O)=O)cc1. The van der Waals surface area contributed by atoms with Crippen LogP contribution in [0.3, 0.4) is 0 Å². The highest BCUT2D eigenvalue weighted by Crippen LogP contribution is 2.16. The number of hydrogen-bond acceptors (Lipinski definition) is 7. The summed E-state index contributed by atoms with van der Waals surface area (Å²) < 4.78 is 32.5. The number of carbonyl (C=O) groups excluding carboxylic acids is 2. The molecule has 0 fully saturated rings. The highest BCUT2D eigenvalue weighted by molar-refractivity contribution is 7.89. The number of nitrogens with zero attached hydrogens (tertiary/aromatic N) is 1. The standard InChI is InChI=1S/C17H21N3O6S/c1-4-14-16(11(3)26-20-14)17(22)25-9-15(21)19-10(2)12-5-7-13(8-6-12)27(18,23)24/h5-8,10H,4,9H2,1-3H3,(H,19,21)(H2,18,23,24)/t10-/m1/s1. The third-order valence-corrected chi connectivity index (χ3v) is 4.82. The van der Waals surface area contributed by atoms with Gasteiger partial charge in [-0.3, -0.25) is 4.79 Å². The molecular weight excluding hydrogens is 374 g/mol. The highest BCUT2D eigenvalue weighted by Gasteiger charge is 2.21. The number of aryl methyl sites for hydroxylation is 2. The van der Waals surface area contributed by atoms with E-state index >= 15 is 0 Å². The Morgan fingerprint density at radius 3 is 2.48 bits per heavy atom. The molecule has 1 heterocycles. The predicted molar refractivity (Wildman–Crippen MR) is 95.3 cm³/mol. The smallest absolute Gasteiger partial charge is 0.344 e. The van der Waals surface area contributed by atoms with Crippen molar-refractivity contribution < 1.29 is 27.3 Å². The van der Waals surface area contributed by atoms with E-state index in [-0.39, 0.29) is 10.5 Å². The molecular formula is C17H21N3O6S. The number of esters is 1. The van der Waals surface area contributed by atoms with Crippen molar-refractivity contribution in [2.24, 2.45) is 5.14 Å². The molecule has 0 saturated heterocycles. The molecule has 0 aliphatic carbocycles. The third-order valence-electron chi connectivity index (χ3n) is 3.89. The van der Waals surface area contributed by atoms with E-state index in [9.17, 15) is 18.0 Å². The highest BCUT2D eigenvalue weighted by atomic mass is 32.2. The van der Waals surface area contributed by atoms with Gasteiger partial charge in [0.15, 0.2) is 6.61 Å². The average Bonchev–Trinajstić information content (AvgIpc) is 2.99. The minimum Gasteiger partial charge on any atom is -0.452 e. The summed E-state index contributed by atoms with van der Waals surface area (Å²) in [4.78, 5) is 24.1. The fourth-order valence-electron chi connectivity index (χ4n) is 2.44. The van der Waals surface area contributed by atoms with Crippen LogP contribution in [0.25, 0.3) is 0 Å². The number of aromatic nitrogens is 1. The van der Waals surface area contributed by atoms with Gasteiger partial charge in [0.25, 0.3) is 5.91 Å². The molecule has 27 heavy (non-hydrogen) atoms. The second-order valence-corrected chi connectivity index (χ2v) is 7.45. The monoisotopic (exact) mass is 395 g/mol. The maximum Gasteiger partial charge on any atom is 0.344 e. The van der Waals surface area contributed by atoms with Gasteiger partial charge >= 0.3 is 5.97 Å². The molecule has 1 atom stereocenters. The normalized spacial score (nSPS) is 12.4. The van der Waals surface area contributed by atoms with Crippen LogP contribution in [0.5, 0.6) is 0 Å². The van der Waals surface area contributed by atoms with Crippen molar-refractivity contribution in [3.05, 3.63) is 46.8 Å². The molecule has 0 aliphatic rings. The van der Waals surface area contributed by atoms with Gasteiger partial charge in [0, 0.05) is 0 Å². The molecule has 146 valence electrons. The first kappa shape index (κ1) is 20.6. The average molecular weight is 395 g/mol. The molecule has 0 saturated carbocycles. The van der Waals surface area contributed by atoms with E-state index in [4.69, 9.17) is 14.4 Å². The lowest BCUT2D eigenvalue weighted by molar-refractivity contribution is -0.124. The van der Waals surface area contributed by atoms with Crippen LogP contribution in [0.4, 0.5) is 0 Å². The van der Waals surface area contributed by atoms with Crippen LogP contribution in [-0.2, 0) is 26.0 Å². The quantitative estimate of drug-likeness (QED) is 0.671. The lowest BCUT2D eigenvalue weighted by atomic mass is 10.1. The first-order chi connectivity index (χ1) is 12.6. The Bertz CT molecular complexity index is 934. The van der Waals surface area contributed by atoms with Crippen molar-refractivity contribution in [2.75, 3.05) is 6.61 Å². The Balaban J connectivity index is 1.93. The Morgan fingerprint density at radius 2 is 1.93 bits per heavy atom. The van der Waals surface area contributed by atoms with E-state index in [1.54, 1.807) is 26.0 Å². The van der Waals surface area contributed by atoms with Crippen molar-refractivity contribution in [3.63, 3.8) is 0 Å². The fourth-order valence-corrected chi connectivity index (χ4v) is 2.95. The maximum atomic E-state index is 12.1. The van der Waals surface area contributed by atoms with Crippen LogP contribution in [0.1, 0.15) is 47.3 Å². The summed E-state index contributed by atoms with van der Waals surface area (Å²) in [6.07, 6.45) is 0.500. The molecule has 0 unspecified atom stereocenters. The largest absolute Gasteiger partial charge is 0.452 e. The zero-order valence-corrected chi connectivity index (χ0v) is 16.0. The lowest BCUT2D eigenvalue weighted by Gasteiger charge is -2.14. The zero-order valence-electron chi connectivity index (χ0n) is 15.2. The van der Waals surface area contributed by atoms with Crippen molar-refractivity contribution in [2.45, 2.75) is 38.1 Å². The minimum absolute atomic E-state index is 0.0190. The molecule has 1 amide bonds. The second kappa shape index (κ2) is 8.31. The van der Waals surface area contributed by atoms with Gasteiger partial charge in [-0.1, -0.05) is 24.2 Å². The summed E-state index contributed by atoms with van der Waals surface area (Å²) in [5.41, 5.74) is 1.38. The molecule has 0 spiro atoms. The molecule has 1 aromatic carbocycles. The number of nitrogens with one attached hydrogen (secondary N) is 1. The van der Waals surface area contributed by atoms with E-state index in [0.29, 0.717) is 23.4 Å². The molecule has 1 aromatic heterocycles. The predicted octanol–water partition coefficient (Wildman–Crippen LogP) is 1.23. The number of rotatable bonds is 7. The minimum atomic E-state index is -3.77. The molecule has 10 heteroatoms. The van der Waals surface area contributed by atoms with Crippen LogP contribution in [0.15, 0.2) is 33.7 Å². The summed E-state index contributed by atoms with van der Waals surface area (Å²) in [6.45, 7) is 4.66. The maximum absolute atomic E-state index is 12.1. The number of hydrogen-bond donors (Lipinski definition) is 2. The Morgan fingerprint density at radius 1 is 1.30 bits per heavy atom. The van der Waals surface area contributed by atoms with Gasteiger partial charge in [0.2, 0.25) is 10.0 Å². The second-order valence-electron chi connectivity index (χ2n) is 5.89. The third kappa shape index (κ3) is 5.14. The number of benzene rings is 1. The molecule has 0 bridgehead atoms. The molecule has 9 nitrogen and oxygen atoms in total. The summed E-state index contributed by atoms with van der Waals surface area (Å²) in [7, 11) is -3.77. The molecule has 2 rings (SSSR count). The topological polar surface area (TPSA) is 142 Å². The van der Waals surface area contributed by atoms with E-state index in [2.05, 4.69) is 10.5 Å². The van der Waals surface area contributed by atoms with Crippen LogP contribution in [0, 0.1) is 6.92 Å². The van der Waals surface area contributed by atoms with Gasteiger partial charge in [0.1, 0.15) is 11.3 Å². The number of ether oxygens (including phenoxy) is 1. The molecule has 2 aromatic rings. The van der Waals surface area contributed by atoms with Gasteiger partial charge in [0.05, 0.1) is 16.6 Å². The number of sulfonamides is 1. The molecule has 0 radical (unpaired) electrons. The van der Waals surface area contributed by atoms with Crippen molar-refractivity contribution in [3.8, 4) is 0 Å². The van der Waals surface area contributed by atoms with E-state index in [1.165, 1.54) is 12.1 Å². The fraction of sp³-hybridized carbons (Fsp3) is 0.353. The van der Waals surface area contributed by atoms with Gasteiger partial charge < -0.3 is 14.6 Å². The van der Waals surface area contributed by atoms with E-state index in [0.717, 1.165) is 0 Å². The van der Waals surface area contributed by atoms with Crippen LogP contribution in [-0.4, -0.2) is 32.1 Å². The zero-order chi connectivity index (χ0) is 20.2. The van der Waals surface area contributed by atoms with Crippen molar-refractivity contribution >= 4 is 21.9 Å². The van der Waals surface area contributed by atoms with Crippen LogP contribution in [0.2, 0.25) is 0 Å². The first-order valence-corrected chi connectivity index (χ1v) is 9.72. The number of primary sulfonamides is 1. The van der Waals surface area contributed by atoms with Gasteiger partial charge in [-0.2, -0.15) is 0 Å². The molecule has 3 N–H and O–H groups in total. The number of nitrogens with two attached hydrogens (primary N) is 1. The van der Waals surface area contributed by atoms with Crippen molar-refractivity contribution in [1.29, 1.82) is 0 Å². The Hall–Kier alpha value is -2.72. The summed E-state index contributed by atoms with van der Waals surface area (Å²) >= 11 is 0. The van der Waals surface area contributed by atoms with Crippen molar-refractivity contribution in [1.82, 2.24) is 10.5 Å². The Labute approximate surface area is 156 Å². The van der Waals surface area contributed by atoms with E-state index < -0.39 is 34.5 Å². The van der Waals surface area contributed by atoms with E-state index in [1.807, 2.05) is 6.92 Å².